The molecule has 0 unspecified atom stereocenters. The molecule has 1 atom stereocenters. The Kier molecular flexibility index (Phi) is 5.91. The van der Waals surface area contributed by atoms with E-state index in [9.17, 15) is 9.18 Å². The summed E-state index contributed by atoms with van der Waals surface area (Å²) in [5.41, 5.74) is 3.58. The van der Waals surface area contributed by atoms with Crippen LogP contribution in [0.25, 0.3) is 0 Å². The van der Waals surface area contributed by atoms with Crippen LogP contribution in [0.4, 0.5) is 4.39 Å². The SMILES string of the molecule is CCC[C@]1(C(=O)OCC)CCCN1NCc1cccc(F)c1. The first-order valence-corrected chi connectivity index (χ1v) is 8.05. The van der Waals surface area contributed by atoms with Gasteiger partial charge in [-0.05, 0) is 43.9 Å². The summed E-state index contributed by atoms with van der Waals surface area (Å²) in [6.45, 7) is 5.60. The molecule has 2 rings (SSSR count). The zero-order valence-electron chi connectivity index (χ0n) is 13.4. The number of carbonyl (C=O) groups is 1. The van der Waals surface area contributed by atoms with Gasteiger partial charge in [0.25, 0.3) is 0 Å². The Morgan fingerprint density at radius 3 is 2.95 bits per heavy atom. The number of rotatable bonds is 7. The van der Waals surface area contributed by atoms with E-state index in [2.05, 4.69) is 12.3 Å². The number of carbonyl (C=O) groups excluding carboxylic acids is 1. The van der Waals surface area contributed by atoms with Crippen LogP contribution < -0.4 is 5.43 Å². The number of nitrogens with zero attached hydrogens (tertiary/aromatic N) is 1. The van der Waals surface area contributed by atoms with E-state index in [0.717, 1.165) is 37.8 Å². The third kappa shape index (κ3) is 3.65. The van der Waals surface area contributed by atoms with Crippen molar-refractivity contribution in [2.45, 2.75) is 51.6 Å². The van der Waals surface area contributed by atoms with Gasteiger partial charge in [0.05, 0.1) is 6.61 Å². The van der Waals surface area contributed by atoms with E-state index in [4.69, 9.17) is 4.74 Å². The molecular weight excluding hydrogens is 283 g/mol. The smallest absolute Gasteiger partial charge is 0.327 e. The summed E-state index contributed by atoms with van der Waals surface area (Å²) in [6, 6.07) is 6.51. The molecule has 0 bridgehead atoms. The van der Waals surface area contributed by atoms with Gasteiger partial charge in [-0.1, -0.05) is 25.5 Å². The molecule has 1 saturated heterocycles. The van der Waals surface area contributed by atoms with Crippen LogP contribution in [0.1, 0.15) is 45.1 Å². The maximum absolute atomic E-state index is 13.3. The van der Waals surface area contributed by atoms with Crippen molar-refractivity contribution in [3.05, 3.63) is 35.6 Å². The van der Waals surface area contributed by atoms with E-state index in [-0.39, 0.29) is 11.8 Å². The highest BCUT2D eigenvalue weighted by atomic mass is 19.1. The standard InChI is InChI=1S/C17H25FN2O2/c1-3-9-17(16(21)22-4-2)10-6-11-20(17)19-13-14-7-5-8-15(18)12-14/h5,7-8,12,19H,3-4,6,9-11,13H2,1-2H3/t17-/m1/s1. The van der Waals surface area contributed by atoms with Gasteiger partial charge in [-0.15, -0.1) is 0 Å². The average molecular weight is 308 g/mol. The molecule has 1 heterocycles. The molecule has 0 amide bonds. The fourth-order valence-corrected chi connectivity index (χ4v) is 3.20. The number of esters is 1. The van der Waals surface area contributed by atoms with E-state index < -0.39 is 5.54 Å². The second-order valence-electron chi connectivity index (χ2n) is 5.72. The van der Waals surface area contributed by atoms with Gasteiger partial charge >= 0.3 is 5.97 Å². The predicted octanol–water partition coefficient (Wildman–Crippen LogP) is 3.03. The number of halogens is 1. The van der Waals surface area contributed by atoms with Gasteiger partial charge in [0, 0.05) is 13.1 Å². The van der Waals surface area contributed by atoms with Crippen molar-refractivity contribution < 1.29 is 13.9 Å². The van der Waals surface area contributed by atoms with Crippen LogP contribution in [0.3, 0.4) is 0 Å². The molecule has 0 aromatic heterocycles. The zero-order chi connectivity index (χ0) is 16.0. The minimum Gasteiger partial charge on any atom is -0.465 e. The molecule has 1 N–H and O–H groups in total. The van der Waals surface area contributed by atoms with Crippen molar-refractivity contribution in [3.8, 4) is 0 Å². The van der Waals surface area contributed by atoms with E-state index in [0.29, 0.717) is 13.2 Å². The molecule has 0 spiro atoms. The first-order chi connectivity index (χ1) is 10.6. The highest BCUT2D eigenvalue weighted by Crippen LogP contribution is 2.33. The lowest BCUT2D eigenvalue weighted by Gasteiger charge is -2.36. The molecule has 1 aliphatic rings. The monoisotopic (exact) mass is 308 g/mol. The van der Waals surface area contributed by atoms with Crippen molar-refractivity contribution in [3.63, 3.8) is 0 Å². The topological polar surface area (TPSA) is 41.6 Å². The molecule has 0 saturated carbocycles. The van der Waals surface area contributed by atoms with Crippen LogP contribution in [0.15, 0.2) is 24.3 Å². The quantitative estimate of drug-likeness (QED) is 0.786. The van der Waals surface area contributed by atoms with Crippen molar-refractivity contribution in [2.24, 2.45) is 0 Å². The summed E-state index contributed by atoms with van der Waals surface area (Å²) >= 11 is 0. The lowest BCUT2D eigenvalue weighted by molar-refractivity contribution is -0.159. The Labute approximate surface area is 131 Å². The fourth-order valence-electron chi connectivity index (χ4n) is 3.20. The molecular formula is C17H25FN2O2. The van der Waals surface area contributed by atoms with Gasteiger partial charge in [-0.2, -0.15) is 0 Å². The Balaban J connectivity index is 2.08. The van der Waals surface area contributed by atoms with Gasteiger partial charge in [-0.3, -0.25) is 0 Å². The third-order valence-corrected chi connectivity index (χ3v) is 4.17. The molecule has 1 aliphatic heterocycles. The number of nitrogens with one attached hydrogen (secondary N) is 1. The van der Waals surface area contributed by atoms with Crippen LogP contribution in [0, 0.1) is 5.82 Å². The molecule has 4 nitrogen and oxygen atoms in total. The number of hydrogen-bond acceptors (Lipinski definition) is 4. The average Bonchev–Trinajstić information content (AvgIpc) is 2.90. The van der Waals surface area contributed by atoms with Gasteiger partial charge in [0.15, 0.2) is 0 Å². The van der Waals surface area contributed by atoms with E-state index in [1.54, 1.807) is 6.07 Å². The Morgan fingerprint density at radius 1 is 1.45 bits per heavy atom. The molecule has 1 fully saturated rings. The van der Waals surface area contributed by atoms with Gasteiger partial charge in [0.2, 0.25) is 0 Å². The second kappa shape index (κ2) is 7.70. The van der Waals surface area contributed by atoms with E-state index in [1.807, 2.05) is 18.0 Å². The predicted molar refractivity (Wildman–Crippen MR) is 83.5 cm³/mol. The minimum absolute atomic E-state index is 0.152. The molecule has 122 valence electrons. The summed E-state index contributed by atoms with van der Waals surface area (Å²) in [4.78, 5) is 12.5. The first-order valence-electron chi connectivity index (χ1n) is 8.05. The van der Waals surface area contributed by atoms with Crippen molar-refractivity contribution in [1.82, 2.24) is 10.4 Å². The second-order valence-corrected chi connectivity index (χ2v) is 5.72. The minimum atomic E-state index is -0.585. The molecule has 1 aromatic rings. The van der Waals surface area contributed by atoms with Crippen molar-refractivity contribution >= 4 is 5.97 Å². The number of hydrogen-bond donors (Lipinski definition) is 1. The molecule has 0 aliphatic carbocycles. The maximum Gasteiger partial charge on any atom is 0.327 e. The number of benzene rings is 1. The lowest BCUT2D eigenvalue weighted by atomic mass is 9.91. The lowest BCUT2D eigenvalue weighted by Crippen LogP contribution is -2.56. The Morgan fingerprint density at radius 2 is 2.27 bits per heavy atom. The van der Waals surface area contributed by atoms with Gasteiger partial charge in [0.1, 0.15) is 11.4 Å². The number of hydrazine groups is 1. The first kappa shape index (κ1) is 16.9. The zero-order valence-corrected chi connectivity index (χ0v) is 13.4. The summed E-state index contributed by atoms with van der Waals surface area (Å²) in [5.74, 6) is -0.396. The summed E-state index contributed by atoms with van der Waals surface area (Å²) in [7, 11) is 0. The Bertz CT molecular complexity index is 509. The molecule has 22 heavy (non-hydrogen) atoms. The van der Waals surface area contributed by atoms with Crippen molar-refractivity contribution in [1.29, 1.82) is 0 Å². The number of ether oxygens (including phenoxy) is 1. The summed E-state index contributed by atoms with van der Waals surface area (Å²) in [6.07, 6.45) is 3.43. The summed E-state index contributed by atoms with van der Waals surface area (Å²) < 4.78 is 18.6. The van der Waals surface area contributed by atoms with Crippen LogP contribution in [-0.4, -0.2) is 29.7 Å². The van der Waals surface area contributed by atoms with Crippen LogP contribution in [0.5, 0.6) is 0 Å². The third-order valence-electron chi connectivity index (χ3n) is 4.17. The Hall–Kier alpha value is -1.46. The molecule has 5 heteroatoms. The largest absolute Gasteiger partial charge is 0.465 e. The van der Waals surface area contributed by atoms with Gasteiger partial charge < -0.3 is 4.74 Å². The van der Waals surface area contributed by atoms with Crippen LogP contribution in [0.2, 0.25) is 0 Å². The maximum atomic E-state index is 13.3. The molecule has 1 aromatic carbocycles. The van der Waals surface area contributed by atoms with Crippen LogP contribution in [-0.2, 0) is 16.1 Å². The van der Waals surface area contributed by atoms with Gasteiger partial charge in [-0.25, -0.2) is 19.6 Å². The van der Waals surface area contributed by atoms with Crippen molar-refractivity contribution in [2.75, 3.05) is 13.2 Å². The fraction of sp³-hybridized carbons (Fsp3) is 0.588. The molecule has 0 radical (unpaired) electrons. The normalized spacial score (nSPS) is 22.0. The van der Waals surface area contributed by atoms with E-state index >= 15 is 0 Å². The van der Waals surface area contributed by atoms with Crippen LogP contribution >= 0.6 is 0 Å². The highest BCUT2D eigenvalue weighted by molar-refractivity contribution is 5.81. The highest BCUT2D eigenvalue weighted by Gasteiger charge is 2.47. The van der Waals surface area contributed by atoms with E-state index in [1.165, 1.54) is 12.1 Å². The summed E-state index contributed by atoms with van der Waals surface area (Å²) in [5, 5.41) is 2.00.